The molecular formula is C8H15NO. The van der Waals surface area contributed by atoms with Crippen molar-refractivity contribution < 1.29 is 5.11 Å². The number of fused-ring (bicyclic) bond motifs is 1. The highest BCUT2D eigenvalue weighted by Gasteiger charge is 2.35. The predicted octanol–water partition coefficient (Wildman–Crippen LogP) is 0.367. The van der Waals surface area contributed by atoms with Crippen molar-refractivity contribution in [1.82, 2.24) is 5.32 Å². The molecule has 1 saturated carbocycles. The van der Waals surface area contributed by atoms with E-state index in [2.05, 4.69) is 5.32 Å². The smallest absolute Gasteiger partial charge is 0.0572 e. The molecule has 0 aromatic heterocycles. The second-order valence-corrected chi connectivity index (χ2v) is 3.56. The Labute approximate surface area is 61.6 Å². The zero-order chi connectivity index (χ0) is 6.97. The molecule has 1 aliphatic heterocycles. The zero-order valence-electron chi connectivity index (χ0n) is 6.21. The van der Waals surface area contributed by atoms with Gasteiger partial charge in [-0.3, -0.25) is 0 Å². The quantitative estimate of drug-likeness (QED) is 0.510. The first-order valence-electron chi connectivity index (χ1n) is 4.26. The maximum atomic E-state index is 9.50. The van der Waals surface area contributed by atoms with Gasteiger partial charge < -0.3 is 10.4 Å². The molecule has 1 saturated heterocycles. The van der Waals surface area contributed by atoms with Gasteiger partial charge in [-0.05, 0) is 44.2 Å². The van der Waals surface area contributed by atoms with Gasteiger partial charge in [0.15, 0.2) is 0 Å². The molecule has 2 fully saturated rings. The van der Waals surface area contributed by atoms with Gasteiger partial charge in [0.1, 0.15) is 0 Å². The van der Waals surface area contributed by atoms with Crippen LogP contribution in [-0.2, 0) is 0 Å². The summed E-state index contributed by atoms with van der Waals surface area (Å²) in [5.74, 6) is 1.41. The van der Waals surface area contributed by atoms with Crippen LogP contribution in [0.3, 0.4) is 0 Å². The molecule has 2 N–H and O–H groups in total. The Kier molecular flexibility index (Phi) is 1.66. The molecule has 58 valence electrons. The molecular weight excluding hydrogens is 126 g/mol. The van der Waals surface area contributed by atoms with Crippen molar-refractivity contribution >= 4 is 0 Å². The van der Waals surface area contributed by atoms with Crippen molar-refractivity contribution in [3.05, 3.63) is 0 Å². The average Bonchev–Trinajstić information content (AvgIpc) is 2.34. The Morgan fingerprint density at radius 2 is 2.10 bits per heavy atom. The second kappa shape index (κ2) is 2.51. The highest BCUT2D eigenvalue weighted by Crippen LogP contribution is 2.35. The normalized spacial score (nSPS) is 47.1. The molecule has 10 heavy (non-hydrogen) atoms. The van der Waals surface area contributed by atoms with Crippen LogP contribution < -0.4 is 5.32 Å². The minimum atomic E-state index is 0.0205. The molecule has 2 nitrogen and oxygen atoms in total. The Hall–Kier alpha value is -0.0800. The summed E-state index contributed by atoms with van der Waals surface area (Å²) in [6, 6.07) is 0. The van der Waals surface area contributed by atoms with E-state index in [-0.39, 0.29) is 6.10 Å². The number of hydrogen-bond acceptors (Lipinski definition) is 2. The molecule has 0 spiro atoms. The molecule has 0 unspecified atom stereocenters. The second-order valence-electron chi connectivity index (χ2n) is 3.56. The van der Waals surface area contributed by atoms with E-state index in [4.69, 9.17) is 0 Å². The number of piperidine rings is 1. The van der Waals surface area contributed by atoms with Gasteiger partial charge in [-0.2, -0.15) is 0 Å². The predicted molar refractivity (Wildman–Crippen MR) is 39.7 cm³/mol. The fourth-order valence-corrected chi connectivity index (χ4v) is 2.36. The largest absolute Gasteiger partial charge is 0.393 e. The topological polar surface area (TPSA) is 32.3 Å². The summed E-state index contributed by atoms with van der Waals surface area (Å²) in [7, 11) is 0. The van der Waals surface area contributed by atoms with Crippen LogP contribution >= 0.6 is 0 Å². The molecule has 0 amide bonds. The average molecular weight is 141 g/mol. The van der Waals surface area contributed by atoms with E-state index in [1.54, 1.807) is 0 Å². The molecule has 1 aliphatic carbocycles. The summed E-state index contributed by atoms with van der Waals surface area (Å²) < 4.78 is 0. The third-order valence-electron chi connectivity index (χ3n) is 2.99. The fraction of sp³-hybridized carbons (Fsp3) is 1.00. The van der Waals surface area contributed by atoms with Gasteiger partial charge in [-0.25, -0.2) is 0 Å². The van der Waals surface area contributed by atoms with E-state index in [1.807, 2.05) is 0 Å². The van der Waals surface area contributed by atoms with E-state index in [1.165, 1.54) is 12.8 Å². The van der Waals surface area contributed by atoms with Gasteiger partial charge >= 0.3 is 0 Å². The number of aliphatic hydroxyl groups excluding tert-OH is 1. The zero-order valence-corrected chi connectivity index (χ0v) is 6.21. The van der Waals surface area contributed by atoms with Crippen molar-refractivity contribution in [3.8, 4) is 0 Å². The van der Waals surface area contributed by atoms with Crippen LogP contribution in [0.25, 0.3) is 0 Å². The molecule has 2 rings (SSSR count). The summed E-state index contributed by atoms with van der Waals surface area (Å²) >= 11 is 0. The molecule has 2 aliphatic rings. The Bertz CT molecular complexity index is 124. The van der Waals surface area contributed by atoms with Crippen molar-refractivity contribution in [3.63, 3.8) is 0 Å². The van der Waals surface area contributed by atoms with Crippen LogP contribution in [0.15, 0.2) is 0 Å². The molecule has 0 aromatic carbocycles. The van der Waals surface area contributed by atoms with Crippen LogP contribution in [0.1, 0.15) is 19.3 Å². The first kappa shape index (κ1) is 6.62. The first-order chi connectivity index (χ1) is 4.88. The van der Waals surface area contributed by atoms with Crippen LogP contribution in [0.2, 0.25) is 0 Å². The minimum Gasteiger partial charge on any atom is -0.393 e. The number of hydrogen-bond donors (Lipinski definition) is 2. The van der Waals surface area contributed by atoms with E-state index < -0.39 is 0 Å². The highest BCUT2D eigenvalue weighted by molar-refractivity contribution is 4.88. The summed E-state index contributed by atoms with van der Waals surface area (Å²) in [6.07, 6.45) is 3.48. The van der Waals surface area contributed by atoms with E-state index in [9.17, 15) is 5.11 Å². The van der Waals surface area contributed by atoms with Crippen LogP contribution in [0.5, 0.6) is 0 Å². The molecule has 0 aromatic rings. The monoisotopic (exact) mass is 141 g/mol. The van der Waals surface area contributed by atoms with Gasteiger partial charge in [0.2, 0.25) is 0 Å². The Morgan fingerprint density at radius 1 is 1.20 bits per heavy atom. The van der Waals surface area contributed by atoms with Crippen molar-refractivity contribution in [2.24, 2.45) is 11.8 Å². The SMILES string of the molecule is O[C@@H]1CC[C@H]2CNCC[C@@H]21. The summed E-state index contributed by atoms with van der Waals surface area (Å²) in [5.41, 5.74) is 0. The molecule has 1 heterocycles. The number of aliphatic hydroxyl groups is 1. The number of nitrogens with one attached hydrogen (secondary N) is 1. The van der Waals surface area contributed by atoms with Crippen molar-refractivity contribution in [2.75, 3.05) is 13.1 Å². The Morgan fingerprint density at radius 3 is 2.90 bits per heavy atom. The molecule has 0 radical (unpaired) electrons. The van der Waals surface area contributed by atoms with Gasteiger partial charge in [0.05, 0.1) is 6.10 Å². The lowest BCUT2D eigenvalue weighted by Crippen LogP contribution is -2.36. The molecule has 3 atom stereocenters. The highest BCUT2D eigenvalue weighted by atomic mass is 16.3. The lowest BCUT2D eigenvalue weighted by Gasteiger charge is -2.27. The summed E-state index contributed by atoms with van der Waals surface area (Å²) in [6.45, 7) is 2.25. The standard InChI is InChI=1S/C8H15NO/c10-8-2-1-6-5-9-4-3-7(6)8/h6-10H,1-5H2/t6-,7-,8+/m0/s1. The lowest BCUT2D eigenvalue weighted by atomic mass is 9.89. The maximum absolute atomic E-state index is 9.50. The van der Waals surface area contributed by atoms with Gasteiger partial charge in [0.25, 0.3) is 0 Å². The third-order valence-corrected chi connectivity index (χ3v) is 2.99. The van der Waals surface area contributed by atoms with E-state index in [0.717, 1.165) is 25.4 Å². The van der Waals surface area contributed by atoms with Crippen molar-refractivity contribution in [2.45, 2.75) is 25.4 Å². The lowest BCUT2D eigenvalue weighted by molar-refractivity contribution is 0.101. The third kappa shape index (κ3) is 0.956. The van der Waals surface area contributed by atoms with Gasteiger partial charge in [-0.1, -0.05) is 0 Å². The first-order valence-corrected chi connectivity index (χ1v) is 4.26. The van der Waals surface area contributed by atoms with Crippen LogP contribution in [-0.4, -0.2) is 24.3 Å². The molecule has 2 heteroatoms. The van der Waals surface area contributed by atoms with E-state index >= 15 is 0 Å². The van der Waals surface area contributed by atoms with Gasteiger partial charge in [0, 0.05) is 0 Å². The molecule has 0 bridgehead atoms. The number of rotatable bonds is 0. The van der Waals surface area contributed by atoms with Crippen molar-refractivity contribution in [1.29, 1.82) is 0 Å². The van der Waals surface area contributed by atoms with Gasteiger partial charge in [-0.15, -0.1) is 0 Å². The van der Waals surface area contributed by atoms with E-state index in [0.29, 0.717) is 5.92 Å². The minimum absolute atomic E-state index is 0.0205. The Balaban J connectivity index is 2.01. The van der Waals surface area contributed by atoms with Crippen LogP contribution in [0, 0.1) is 11.8 Å². The van der Waals surface area contributed by atoms with Crippen LogP contribution in [0.4, 0.5) is 0 Å². The summed E-state index contributed by atoms with van der Waals surface area (Å²) in [5, 5.41) is 12.9. The summed E-state index contributed by atoms with van der Waals surface area (Å²) in [4.78, 5) is 0. The fourth-order valence-electron chi connectivity index (χ4n) is 2.36. The maximum Gasteiger partial charge on any atom is 0.0572 e.